The molecular weight excluding hydrogens is 346 g/mol. The zero-order valence-corrected chi connectivity index (χ0v) is 15.7. The van der Waals surface area contributed by atoms with Crippen LogP contribution in [0.2, 0.25) is 0 Å². The van der Waals surface area contributed by atoms with Crippen LogP contribution in [0.3, 0.4) is 0 Å². The van der Waals surface area contributed by atoms with Crippen molar-refractivity contribution in [1.82, 2.24) is 10.2 Å². The predicted octanol–water partition coefficient (Wildman–Crippen LogP) is 2.55. The summed E-state index contributed by atoms with van der Waals surface area (Å²) in [4.78, 5) is 27.8. The molecule has 1 spiro atoms. The zero-order chi connectivity index (χ0) is 17.7. The van der Waals surface area contributed by atoms with E-state index in [0.717, 1.165) is 61.5 Å². The van der Waals surface area contributed by atoms with Crippen LogP contribution < -0.4 is 10.6 Å². The van der Waals surface area contributed by atoms with E-state index in [9.17, 15) is 9.59 Å². The summed E-state index contributed by atoms with van der Waals surface area (Å²) in [7, 11) is 0. The van der Waals surface area contributed by atoms with Crippen LogP contribution in [0.5, 0.6) is 0 Å². The summed E-state index contributed by atoms with van der Waals surface area (Å²) in [5, 5.41) is 6.93. The first-order valence-corrected chi connectivity index (χ1v) is 10.9. The molecule has 5 nitrogen and oxygen atoms in total. The molecule has 0 radical (unpaired) electrons. The number of carbonyl (C=O) groups excluding carboxylic acids is 2. The number of benzene rings is 1. The van der Waals surface area contributed by atoms with Gasteiger partial charge in [0.25, 0.3) is 5.91 Å². The van der Waals surface area contributed by atoms with Crippen molar-refractivity contribution in [3.05, 3.63) is 29.8 Å². The second-order valence-corrected chi connectivity index (χ2v) is 9.34. The van der Waals surface area contributed by atoms with Crippen molar-refractivity contribution in [3.8, 4) is 0 Å². The van der Waals surface area contributed by atoms with Crippen LogP contribution in [-0.2, 0) is 4.79 Å². The topological polar surface area (TPSA) is 61.4 Å². The molecule has 5 aliphatic rings. The quantitative estimate of drug-likeness (QED) is 0.796. The number of fused-ring (bicyclic) bond motifs is 3. The van der Waals surface area contributed by atoms with Crippen molar-refractivity contribution in [2.24, 2.45) is 17.8 Å². The van der Waals surface area contributed by atoms with Gasteiger partial charge in [0.2, 0.25) is 5.91 Å². The number of carbonyl (C=O) groups is 2. The fourth-order valence-corrected chi connectivity index (χ4v) is 6.37. The summed E-state index contributed by atoms with van der Waals surface area (Å²) in [5.74, 6) is 3.31. The Morgan fingerprint density at radius 2 is 1.96 bits per heavy atom. The first-order valence-electron chi connectivity index (χ1n) is 9.72. The van der Waals surface area contributed by atoms with E-state index >= 15 is 0 Å². The minimum atomic E-state index is -0.372. The Morgan fingerprint density at radius 3 is 2.73 bits per heavy atom. The molecule has 0 unspecified atom stereocenters. The Morgan fingerprint density at radius 1 is 1.15 bits per heavy atom. The molecule has 3 saturated carbocycles. The van der Waals surface area contributed by atoms with Crippen molar-refractivity contribution in [1.29, 1.82) is 0 Å². The number of thioether (sulfide) groups is 1. The van der Waals surface area contributed by atoms with Gasteiger partial charge in [0, 0.05) is 42.1 Å². The van der Waals surface area contributed by atoms with E-state index in [1.165, 1.54) is 0 Å². The fourth-order valence-electron chi connectivity index (χ4n) is 5.46. The Bertz CT molecular complexity index is 748. The van der Waals surface area contributed by atoms with Gasteiger partial charge in [-0.3, -0.25) is 9.59 Å². The van der Waals surface area contributed by atoms with E-state index in [-0.39, 0.29) is 17.5 Å². The molecule has 6 rings (SSSR count). The number of hydrogen-bond donors (Lipinski definition) is 2. The third-order valence-corrected chi connectivity index (χ3v) is 7.72. The van der Waals surface area contributed by atoms with Gasteiger partial charge in [-0.05, 0) is 43.7 Å². The molecule has 1 aromatic rings. The number of para-hydroxylation sites is 1. The lowest BCUT2D eigenvalue weighted by atomic mass is 9.58. The van der Waals surface area contributed by atoms with Crippen LogP contribution >= 0.6 is 11.8 Å². The number of nitrogens with zero attached hydrogens (tertiary/aromatic N) is 1. The van der Waals surface area contributed by atoms with Gasteiger partial charge in [-0.2, -0.15) is 11.8 Å². The van der Waals surface area contributed by atoms with Crippen molar-refractivity contribution < 1.29 is 9.59 Å². The molecule has 1 saturated heterocycles. The first-order chi connectivity index (χ1) is 12.7. The number of hydrogen-bond acceptors (Lipinski definition) is 4. The maximum atomic E-state index is 13.1. The van der Waals surface area contributed by atoms with Gasteiger partial charge in [0.05, 0.1) is 5.56 Å². The van der Waals surface area contributed by atoms with Gasteiger partial charge in [-0.15, -0.1) is 0 Å². The smallest absolute Gasteiger partial charge is 0.255 e. The summed E-state index contributed by atoms with van der Waals surface area (Å²) < 4.78 is 0. The molecule has 2 bridgehead atoms. The Kier molecular flexibility index (Phi) is 3.92. The highest BCUT2D eigenvalue weighted by Crippen LogP contribution is 2.52. The Balaban J connectivity index is 1.38. The van der Waals surface area contributed by atoms with E-state index in [4.69, 9.17) is 0 Å². The van der Waals surface area contributed by atoms with Crippen LogP contribution in [0.1, 0.15) is 36.0 Å². The Hall–Kier alpha value is -1.69. The molecule has 2 heterocycles. The Labute approximate surface area is 158 Å². The third-order valence-electron chi connectivity index (χ3n) is 6.78. The van der Waals surface area contributed by atoms with E-state index in [2.05, 4.69) is 15.5 Å². The molecule has 4 fully saturated rings. The molecule has 2 aliphatic heterocycles. The molecule has 26 heavy (non-hydrogen) atoms. The molecule has 4 atom stereocenters. The summed E-state index contributed by atoms with van der Waals surface area (Å²) in [6, 6.07) is 7.73. The molecule has 6 heteroatoms. The van der Waals surface area contributed by atoms with E-state index in [1.54, 1.807) is 0 Å². The average molecular weight is 372 g/mol. The van der Waals surface area contributed by atoms with Crippen LogP contribution in [0.25, 0.3) is 0 Å². The fraction of sp³-hybridized carbons (Fsp3) is 0.600. The minimum Gasteiger partial charge on any atom is -0.362 e. The van der Waals surface area contributed by atoms with Gasteiger partial charge in [0.1, 0.15) is 5.66 Å². The number of anilines is 1. The monoisotopic (exact) mass is 371 g/mol. The minimum absolute atomic E-state index is 0.0165. The summed E-state index contributed by atoms with van der Waals surface area (Å²) >= 11 is 1.94. The highest BCUT2D eigenvalue weighted by Gasteiger charge is 2.55. The summed E-state index contributed by atoms with van der Waals surface area (Å²) in [6.07, 6.45) is 3.93. The van der Waals surface area contributed by atoms with Crippen molar-refractivity contribution in [2.45, 2.75) is 31.3 Å². The molecule has 3 aliphatic carbocycles. The highest BCUT2D eigenvalue weighted by atomic mass is 32.2. The van der Waals surface area contributed by atoms with Crippen LogP contribution in [-0.4, -0.2) is 47.0 Å². The van der Waals surface area contributed by atoms with Crippen molar-refractivity contribution >= 4 is 29.3 Å². The molecule has 2 amide bonds. The second kappa shape index (κ2) is 6.19. The van der Waals surface area contributed by atoms with E-state index in [1.807, 2.05) is 36.0 Å². The number of amides is 2. The lowest BCUT2D eigenvalue weighted by Crippen LogP contribution is -2.68. The standard InChI is InChI=1S/C20H25N3O2S/c24-18-15-3-1-2-4-17(15)21-20(22-18)12-13-5-6-14(20)11-16(13)19(25)23-7-9-26-10-8-23/h1-4,13-14,16,21H,5-12H2,(H,22,24)/t13-,14+,16-,20+/m1/s1. The van der Waals surface area contributed by atoms with Gasteiger partial charge < -0.3 is 15.5 Å². The average Bonchev–Trinajstić information content (AvgIpc) is 2.68. The van der Waals surface area contributed by atoms with Crippen LogP contribution in [0.15, 0.2) is 24.3 Å². The molecule has 1 aromatic carbocycles. The van der Waals surface area contributed by atoms with Crippen molar-refractivity contribution in [3.63, 3.8) is 0 Å². The highest BCUT2D eigenvalue weighted by molar-refractivity contribution is 7.99. The van der Waals surface area contributed by atoms with E-state index < -0.39 is 0 Å². The normalized spacial score (nSPS) is 35.6. The van der Waals surface area contributed by atoms with E-state index in [0.29, 0.717) is 17.7 Å². The van der Waals surface area contributed by atoms with Crippen LogP contribution in [0, 0.1) is 17.8 Å². The second-order valence-electron chi connectivity index (χ2n) is 8.11. The maximum Gasteiger partial charge on any atom is 0.255 e. The van der Waals surface area contributed by atoms with Gasteiger partial charge in [0.15, 0.2) is 0 Å². The molecule has 0 aromatic heterocycles. The molecule has 2 N–H and O–H groups in total. The summed E-state index contributed by atoms with van der Waals surface area (Å²) in [5.41, 5.74) is 1.28. The largest absolute Gasteiger partial charge is 0.362 e. The SMILES string of the molecule is O=C1N[C@]2(C[C@H]3CC[C@H]2C[C@H]3C(=O)N2CCSCC2)Nc2ccccc21. The zero-order valence-electron chi connectivity index (χ0n) is 14.9. The maximum absolute atomic E-state index is 13.1. The first kappa shape index (κ1) is 16.5. The number of rotatable bonds is 1. The third kappa shape index (κ3) is 2.53. The lowest BCUT2D eigenvalue weighted by molar-refractivity contribution is -0.142. The van der Waals surface area contributed by atoms with Gasteiger partial charge >= 0.3 is 0 Å². The predicted molar refractivity (Wildman–Crippen MR) is 103 cm³/mol. The molecular formula is C20H25N3O2S. The van der Waals surface area contributed by atoms with Gasteiger partial charge in [-0.1, -0.05) is 12.1 Å². The summed E-state index contributed by atoms with van der Waals surface area (Å²) in [6.45, 7) is 1.79. The number of nitrogens with one attached hydrogen (secondary N) is 2. The molecule has 138 valence electrons. The van der Waals surface area contributed by atoms with Crippen molar-refractivity contribution in [2.75, 3.05) is 29.9 Å². The van der Waals surface area contributed by atoms with Crippen LogP contribution in [0.4, 0.5) is 5.69 Å². The lowest BCUT2D eigenvalue weighted by Gasteiger charge is -2.56. The van der Waals surface area contributed by atoms with Gasteiger partial charge in [-0.25, -0.2) is 0 Å².